The highest BCUT2D eigenvalue weighted by Gasteiger charge is 2.20. The Bertz CT molecular complexity index is 774. The molecule has 2 aromatic rings. The predicted octanol–water partition coefficient (Wildman–Crippen LogP) is 3.49. The third-order valence-corrected chi connectivity index (χ3v) is 5.19. The quantitative estimate of drug-likeness (QED) is 0.685. The van der Waals surface area contributed by atoms with Gasteiger partial charge in [-0.15, -0.1) is 0 Å². The van der Waals surface area contributed by atoms with Crippen molar-refractivity contribution in [3.63, 3.8) is 0 Å². The van der Waals surface area contributed by atoms with Crippen LogP contribution in [0.4, 0.5) is 5.69 Å². The molecule has 1 atom stereocenters. The molecule has 1 aliphatic rings. The van der Waals surface area contributed by atoms with Gasteiger partial charge in [0.25, 0.3) is 0 Å². The molecule has 1 heterocycles. The fraction of sp³-hybridized carbons (Fsp3) is 0.409. The minimum Gasteiger partial charge on any atom is -0.491 e. The number of ketones is 1. The molecule has 0 amide bonds. The molecule has 0 aromatic heterocycles. The van der Waals surface area contributed by atoms with Crippen LogP contribution >= 0.6 is 11.6 Å². The number of Topliss-reactive ketones (excluding diaryl/α,β-unsaturated/α-hetero) is 1. The maximum atomic E-state index is 11.6. The van der Waals surface area contributed by atoms with Crippen molar-refractivity contribution in [1.29, 1.82) is 0 Å². The van der Waals surface area contributed by atoms with Gasteiger partial charge in [-0.1, -0.05) is 24.6 Å². The van der Waals surface area contributed by atoms with Gasteiger partial charge in [0, 0.05) is 55.4 Å². The zero-order chi connectivity index (χ0) is 19.9. The van der Waals surface area contributed by atoms with Crippen LogP contribution in [0.5, 0.6) is 5.75 Å². The second-order valence-corrected chi connectivity index (χ2v) is 7.47. The monoisotopic (exact) mass is 402 g/mol. The summed E-state index contributed by atoms with van der Waals surface area (Å²) < 4.78 is 5.67. The first-order valence-electron chi connectivity index (χ1n) is 9.72. The number of halogens is 1. The normalized spacial score (nSPS) is 16.0. The lowest BCUT2D eigenvalue weighted by molar-refractivity contribution is 0.0663. The van der Waals surface area contributed by atoms with Crippen LogP contribution in [0.25, 0.3) is 0 Å². The number of carbonyl (C=O) groups is 1. The third kappa shape index (κ3) is 5.71. The number of aliphatic hydroxyl groups excluding tert-OH is 1. The summed E-state index contributed by atoms with van der Waals surface area (Å²) in [5.74, 6) is 0.779. The van der Waals surface area contributed by atoms with Gasteiger partial charge in [-0.2, -0.15) is 0 Å². The Morgan fingerprint density at radius 1 is 1.14 bits per heavy atom. The van der Waals surface area contributed by atoms with Crippen molar-refractivity contribution < 1.29 is 14.6 Å². The molecular formula is C22H27ClN2O3. The minimum atomic E-state index is -0.560. The molecule has 1 aliphatic heterocycles. The molecule has 28 heavy (non-hydrogen) atoms. The van der Waals surface area contributed by atoms with Gasteiger partial charge in [0.15, 0.2) is 5.78 Å². The molecule has 0 saturated carbocycles. The van der Waals surface area contributed by atoms with E-state index in [2.05, 4.69) is 15.9 Å². The number of β-amino-alcohol motifs (C(OH)–C–C–N with tert-alkyl or cyclic N) is 1. The lowest BCUT2D eigenvalue weighted by atomic mass is 10.1. The van der Waals surface area contributed by atoms with Crippen molar-refractivity contribution in [3.8, 4) is 5.75 Å². The Labute approximate surface area is 171 Å². The van der Waals surface area contributed by atoms with Crippen molar-refractivity contribution >= 4 is 23.1 Å². The fourth-order valence-corrected chi connectivity index (χ4v) is 3.53. The summed E-state index contributed by atoms with van der Waals surface area (Å²) in [6.45, 7) is 6.24. The lowest BCUT2D eigenvalue weighted by Crippen LogP contribution is -2.49. The van der Waals surface area contributed by atoms with Gasteiger partial charge >= 0.3 is 0 Å². The van der Waals surface area contributed by atoms with E-state index >= 15 is 0 Å². The van der Waals surface area contributed by atoms with Crippen molar-refractivity contribution in [2.75, 3.05) is 44.2 Å². The number of hydrogen-bond donors (Lipinski definition) is 1. The first-order valence-corrected chi connectivity index (χ1v) is 10.1. The van der Waals surface area contributed by atoms with Crippen LogP contribution in [0.3, 0.4) is 0 Å². The molecule has 0 spiro atoms. The van der Waals surface area contributed by atoms with E-state index in [4.69, 9.17) is 16.3 Å². The van der Waals surface area contributed by atoms with Gasteiger partial charge in [0.05, 0.1) is 0 Å². The Hall–Kier alpha value is -2.08. The summed E-state index contributed by atoms with van der Waals surface area (Å²) in [6.07, 6.45) is -0.0709. The van der Waals surface area contributed by atoms with Crippen molar-refractivity contribution in [1.82, 2.24) is 4.90 Å². The lowest BCUT2D eigenvalue weighted by Gasteiger charge is -2.36. The summed E-state index contributed by atoms with van der Waals surface area (Å²) in [6, 6.07) is 15.0. The summed E-state index contributed by atoms with van der Waals surface area (Å²) in [7, 11) is 0. The van der Waals surface area contributed by atoms with E-state index in [1.54, 1.807) is 24.3 Å². The van der Waals surface area contributed by atoms with Crippen molar-refractivity contribution in [2.45, 2.75) is 19.4 Å². The highest BCUT2D eigenvalue weighted by atomic mass is 35.5. The molecule has 0 unspecified atom stereocenters. The van der Waals surface area contributed by atoms with Crippen LogP contribution in [0.15, 0.2) is 48.5 Å². The summed E-state index contributed by atoms with van der Waals surface area (Å²) in [5, 5.41) is 11.1. The first-order chi connectivity index (χ1) is 13.5. The molecule has 0 radical (unpaired) electrons. The van der Waals surface area contributed by atoms with E-state index in [0.29, 0.717) is 24.3 Å². The molecule has 6 heteroatoms. The number of benzene rings is 2. The number of anilines is 1. The molecule has 0 aliphatic carbocycles. The van der Waals surface area contributed by atoms with E-state index in [9.17, 15) is 9.90 Å². The van der Waals surface area contributed by atoms with E-state index < -0.39 is 6.10 Å². The van der Waals surface area contributed by atoms with Gasteiger partial charge in [0.2, 0.25) is 0 Å². The summed E-state index contributed by atoms with van der Waals surface area (Å²) in [4.78, 5) is 16.2. The minimum absolute atomic E-state index is 0.114. The van der Waals surface area contributed by atoms with Gasteiger partial charge in [-0.25, -0.2) is 0 Å². The highest BCUT2D eigenvalue weighted by molar-refractivity contribution is 6.30. The van der Waals surface area contributed by atoms with Gasteiger partial charge in [0.1, 0.15) is 18.5 Å². The van der Waals surface area contributed by atoms with Crippen LogP contribution in [0.1, 0.15) is 23.7 Å². The average molecular weight is 403 g/mol. The van der Waals surface area contributed by atoms with Gasteiger partial charge in [-0.3, -0.25) is 9.69 Å². The molecule has 1 fully saturated rings. The standard InChI is InChI=1S/C22H27ClN2O3/c1-2-22(27)17-6-8-21(9-7-17)28-16-20(26)15-24-10-12-25(13-11-24)19-5-3-4-18(23)14-19/h3-9,14,20,26H,2,10-13,15-16H2,1H3/t20-/m0/s1. The molecule has 150 valence electrons. The second kappa shape index (κ2) is 9.92. The van der Waals surface area contributed by atoms with E-state index in [-0.39, 0.29) is 12.4 Å². The van der Waals surface area contributed by atoms with E-state index in [1.807, 2.05) is 25.1 Å². The van der Waals surface area contributed by atoms with Crippen LogP contribution in [-0.2, 0) is 0 Å². The number of aliphatic hydroxyl groups is 1. The zero-order valence-electron chi connectivity index (χ0n) is 16.2. The third-order valence-electron chi connectivity index (χ3n) is 4.95. The fourth-order valence-electron chi connectivity index (χ4n) is 3.35. The first kappa shape index (κ1) is 20.6. The van der Waals surface area contributed by atoms with Crippen LogP contribution in [-0.4, -0.2) is 61.2 Å². The summed E-state index contributed by atoms with van der Waals surface area (Å²) in [5.41, 5.74) is 1.83. The second-order valence-electron chi connectivity index (χ2n) is 7.03. The maximum absolute atomic E-state index is 11.6. The van der Waals surface area contributed by atoms with E-state index in [1.165, 1.54) is 0 Å². The number of ether oxygens (including phenoxy) is 1. The molecule has 3 rings (SSSR count). The van der Waals surface area contributed by atoms with Crippen LogP contribution in [0.2, 0.25) is 5.02 Å². The van der Waals surface area contributed by atoms with Crippen molar-refractivity contribution in [3.05, 3.63) is 59.1 Å². The molecule has 1 saturated heterocycles. The molecule has 1 N–H and O–H groups in total. The predicted molar refractivity (Wildman–Crippen MR) is 113 cm³/mol. The van der Waals surface area contributed by atoms with Crippen LogP contribution < -0.4 is 9.64 Å². The summed E-state index contributed by atoms with van der Waals surface area (Å²) >= 11 is 6.08. The smallest absolute Gasteiger partial charge is 0.162 e. The zero-order valence-corrected chi connectivity index (χ0v) is 16.9. The van der Waals surface area contributed by atoms with E-state index in [0.717, 1.165) is 36.9 Å². The number of nitrogens with zero attached hydrogens (tertiary/aromatic N) is 2. The average Bonchev–Trinajstić information content (AvgIpc) is 2.72. The number of carbonyl (C=O) groups excluding carboxylic acids is 1. The highest BCUT2D eigenvalue weighted by Crippen LogP contribution is 2.21. The van der Waals surface area contributed by atoms with Gasteiger partial charge < -0.3 is 14.7 Å². The van der Waals surface area contributed by atoms with Crippen LogP contribution in [0, 0.1) is 0 Å². The molecule has 2 aromatic carbocycles. The number of rotatable bonds is 8. The van der Waals surface area contributed by atoms with Gasteiger partial charge in [-0.05, 0) is 42.5 Å². The SMILES string of the molecule is CCC(=O)c1ccc(OC[C@@H](O)CN2CCN(c3cccc(Cl)c3)CC2)cc1. The topological polar surface area (TPSA) is 53.0 Å². The molecule has 5 nitrogen and oxygen atoms in total. The molecule has 0 bridgehead atoms. The van der Waals surface area contributed by atoms with Crippen molar-refractivity contribution in [2.24, 2.45) is 0 Å². The number of hydrogen-bond acceptors (Lipinski definition) is 5. The maximum Gasteiger partial charge on any atom is 0.162 e. The Morgan fingerprint density at radius 2 is 1.86 bits per heavy atom. The Kier molecular flexibility index (Phi) is 7.31. The largest absolute Gasteiger partial charge is 0.491 e. The Balaban J connectivity index is 1.41. The molecular weight excluding hydrogens is 376 g/mol. The Morgan fingerprint density at radius 3 is 2.50 bits per heavy atom. The number of piperazine rings is 1.